The van der Waals surface area contributed by atoms with Crippen LogP contribution in [0.4, 0.5) is 0 Å². The summed E-state index contributed by atoms with van der Waals surface area (Å²) in [6.45, 7) is 4.87. The molecule has 1 aliphatic carbocycles. The van der Waals surface area contributed by atoms with Gasteiger partial charge in [-0.2, -0.15) is 0 Å². The first-order valence-corrected chi connectivity index (χ1v) is 11.6. The molecule has 1 fully saturated rings. The van der Waals surface area contributed by atoms with Gasteiger partial charge in [-0.05, 0) is 56.9 Å². The number of thioether (sulfide) groups is 1. The molecular formula is C23H25ClN4OS. The van der Waals surface area contributed by atoms with Gasteiger partial charge in [-0.25, -0.2) is 0 Å². The van der Waals surface area contributed by atoms with Gasteiger partial charge in [0, 0.05) is 17.1 Å². The monoisotopic (exact) mass is 440 g/mol. The summed E-state index contributed by atoms with van der Waals surface area (Å²) >= 11 is 7.45. The average molecular weight is 441 g/mol. The van der Waals surface area contributed by atoms with Gasteiger partial charge in [0.15, 0.2) is 11.0 Å². The van der Waals surface area contributed by atoms with Crippen LogP contribution in [0.1, 0.15) is 37.3 Å². The summed E-state index contributed by atoms with van der Waals surface area (Å²) in [5.41, 5.74) is 3.07. The van der Waals surface area contributed by atoms with Crippen LogP contribution >= 0.6 is 23.4 Å². The highest BCUT2D eigenvalue weighted by Gasteiger charge is 2.39. The van der Waals surface area contributed by atoms with E-state index < -0.39 is 0 Å². The maximum Gasteiger partial charge on any atom is 0.231 e. The minimum atomic E-state index is -0.270. The summed E-state index contributed by atoms with van der Waals surface area (Å²) in [6.07, 6.45) is 3.02. The van der Waals surface area contributed by atoms with Crippen molar-refractivity contribution in [3.05, 3.63) is 64.7 Å². The number of carbonyl (C=O) groups excluding carboxylic acids is 1. The lowest BCUT2D eigenvalue weighted by molar-refractivity contribution is -0.121. The molecule has 1 aliphatic rings. The number of carbonyl (C=O) groups is 1. The topological polar surface area (TPSA) is 59.8 Å². The largest absolute Gasteiger partial charge is 0.346 e. The van der Waals surface area contributed by atoms with Crippen LogP contribution in [-0.2, 0) is 16.9 Å². The third-order valence-corrected chi connectivity index (χ3v) is 6.84. The Kier molecular flexibility index (Phi) is 6.16. The molecule has 5 nitrogen and oxygen atoms in total. The quantitative estimate of drug-likeness (QED) is 0.512. The van der Waals surface area contributed by atoms with Gasteiger partial charge in [-0.15, -0.1) is 10.2 Å². The highest BCUT2D eigenvalue weighted by molar-refractivity contribution is 7.99. The summed E-state index contributed by atoms with van der Waals surface area (Å²) in [7, 11) is 0. The maximum atomic E-state index is 12.8. The van der Waals surface area contributed by atoms with E-state index >= 15 is 0 Å². The Hall–Kier alpha value is -2.31. The molecule has 30 heavy (non-hydrogen) atoms. The first-order chi connectivity index (χ1) is 14.5. The molecular weight excluding hydrogens is 416 g/mol. The first-order valence-electron chi connectivity index (χ1n) is 10.2. The molecule has 1 amide bonds. The van der Waals surface area contributed by atoms with E-state index in [-0.39, 0.29) is 11.4 Å². The molecule has 4 rings (SSSR count). The van der Waals surface area contributed by atoms with Crippen molar-refractivity contribution in [3.8, 4) is 11.4 Å². The lowest BCUT2D eigenvalue weighted by Gasteiger charge is -2.43. The van der Waals surface area contributed by atoms with E-state index in [0.29, 0.717) is 10.8 Å². The number of nitrogens with zero attached hydrogens (tertiary/aromatic N) is 3. The summed E-state index contributed by atoms with van der Waals surface area (Å²) in [6, 6.07) is 16.0. The Balaban J connectivity index is 1.44. The molecule has 2 aromatic carbocycles. The standard InChI is InChI=1S/C23H25ClN4OS/c1-3-28-21(17-7-4-6-16(2)14-17)26-27-22(28)30-15-20(29)25-23(12-5-13-23)18-8-10-19(24)11-9-18/h4,6-11,14H,3,5,12-13,15H2,1-2H3,(H,25,29). The third-order valence-electron chi connectivity index (χ3n) is 5.62. The van der Waals surface area contributed by atoms with Gasteiger partial charge in [-0.1, -0.05) is 59.3 Å². The molecule has 3 aromatic rings. The highest BCUT2D eigenvalue weighted by Crippen LogP contribution is 2.41. The maximum absolute atomic E-state index is 12.8. The van der Waals surface area contributed by atoms with E-state index in [9.17, 15) is 4.79 Å². The van der Waals surface area contributed by atoms with Gasteiger partial charge in [-0.3, -0.25) is 4.79 Å². The highest BCUT2D eigenvalue weighted by atomic mass is 35.5. The van der Waals surface area contributed by atoms with Gasteiger partial charge in [0.1, 0.15) is 0 Å². The molecule has 1 aromatic heterocycles. The van der Waals surface area contributed by atoms with Crippen molar-refractivity contribution in [2.45, 2.75) is 50.4 Å². The van der Waals surface area contributed by atoms with E-state index in [1.54, 1.807) is 0 Å². The number of nitrogens with one attached hydrogen (secondary N) is 1. The second kappa shape index (κ2) is 8.82. The van der Waals surface area contributed by atoms with Crippen molar-refractivity contribution in [1.82, 2.24) is 20.1 Å². The zero-order chi connectivity index (χ0) is 21.1. The zero-order valence-corrected chi connectivity index (χ0v) is 18.8. The van der Waals surface area contributed by atoms with Gasteiger partial charge in [0.25, 0.3) is 0 Å². The van der Waals surface area contributed by atoms with E-state index in [1.165, 1.54) is 17.3 Å². The number of hydrogen-bond donors (Lipinski definition) is 1. The molecule has 0 saturated heterocycles. The van der Waals surface area contributed by atoms with Crippen molar-refractivity contribution < 1.29 is 4.79 Å². The molecule has 1 saturated carbocycles. The molecule has 1 heterocycles. The summed E-state index contributed by atoms with van der Waals surface area (Å²) in [4.78, 5) is 12.8. The second-order valence-corrected chi connectivity index (χ2v) is 9.08. The molecule has 7 heteroatoms. The summed E-state index contributed by atoms with van der Waals surface area (Å²) < 4.78 is 2.06. The SMILES string of the molecule is CCn1c(SCC(=O)NC2(c3ccc(Cl)cc3)CCC2)nnc1-c1cccc(C)c1. The number of rotatable bonds is 7. The smallest absolute Gasteiger partial charge is 0.231 e. The molecule has 0 atom stereocenters. The van der Waals surface area contributed by atoms with Gasteiger partial charge < -0.3 is 9.88 Å². The Labute approximate surface area is 186 Å². The van der Waals surface area contributed by atoms with Crippen molar-refractivity contribution >= 4 is 29.3 Å². The van der Waals surface area contributed by atoms with Crippen molar-refractivity contribution in [1.29, 1.82) is 0 Å². The van der Waals surface area contributed by atoms with Crippen LogP contribution in [0.15, 0.2) is 53.7 Å². The van der Waals surface area contributed by atoms with Crippen LogP contribution in [0.5, 0.6) is 0 Å². The zero-order valence-electron chi connectivity index (χ0n) is 17.2. The summed E-state index contributed by atoms with van der Waals surface area (Å²) in [5, 5.41) is 13.5. The van der Waals surface area contributed by atoms with Crippen LogP contribution < -0.4 is 5.32 Å². The van der Waals surface area contributed by atoms with Gasteiger partial charge in [0.05, 0.1) is 11.3 Å². The van der Waals surface area contributed by atoms with Crippen LogP contribution in [0, 0.1) is 6.92 Å². The fourth-order valence-electron chi connectivity index (χ4n) is 3.90. The molecule has 0 radical (unpaired) electrons. The van der Waals surface area contributed by atoms with E-state index in [1.807, 2.05) is 36.4 Å². The normalized spacial score (nSPS) is 14.9. The Bertz CT molecular complexity index is 1040. The Morgan fingerprint density at radius 3 is 2.60 bits per heavy atom. The minimum absolute atomic E-state index is 0.0115. The Morgan fingerprint density at radius 2 is 1.97 bits per heavy atom. The predicted molar refractivity (Wildman–Crippen MR) is 122 cm³/mol. The minimum Gasteiger partial charge on any atom is -0.346 e. The van der Waals surface area contributed by atoms with Gasteiger partial charge in [0.2, 0.25) is 5.91 Å². The van der Waals surface area contributed by atoms with Crippen molar-refractivity contribution in [2.24, 2.45) is 0 Å². The molecule has 1 N–H and O–H groups in total. The fraction of sp³-hybridized carbons (Fsp3) is 0.348. The molecule has 0 aliphatic heterocycles. The first kappa shape index (κ1) is 20.9. The Morgan fingerprint density at radius 1 is 1.20 bits per heavy atom. The predicted octanol–water partition coefficient (Wildman–Crippen LogP) is 5.21. The number of benzene rings is 2. The molecule has 0 unspecified atom stereocenters. The van der Waals surface area contributed by atoms with Crippen LogP contribution in [0.3, 0.4) is 0 Å². The van der Waals surface area contributed by atoms with Crippen LogP contribution in [0.25, 0.3) is 11.4 Å². The van der Waals surface area contributed by atoms with Crippen LogP contribution in [0.2, 0.25) is 5.02 Å². The number of aromatic nitrogens is 3. The summed E-state index contributed by atoms with van der Waals surface area (Å²) in [5.74, 6) is 1.15. The van der Waals surface area contributed by atoms with Crippen LogP contribution in [-0.4, -0.2) is 26.4 Å². The second-order valence-electron chi connectivity index (χ2n) is 7.70. The van der Waals surface area contributed by atoms with Crippen molar-refractivity contribution in [3.63, 3.8) is 0 Å². The average Bonchev–Trinajstić information content (AvgIpc) is 3.13. The van der Waals surface area contributed by atoms with E-state index in [4.69, 9.17) is 11.6 Å². The number of halogens is 1. The fourth-order valence-corrected chi connectivity index (χ4v) is 4.82. The number of aryl methyl sites for hydroxylation is 1. The molecule has 0 bridgehead atoms. The lowest BCUT2D eigenvalue weighted by Crippen LogP contribution is -2.51. The number of amides is 1. The number of hydrogen-bond acceptors (Lipinski definition) is 4. The molecule has 0 spiro atoms. The van der Waals surface area contributed by atoms with E-state index in [2.05, 4.69) is 46.1 Å². The van der Waals surface area contributed by atoms with Crippen molar-refractivity contribution in [2.75, 3.05) is 5.75 Å². The molecule has 156 valence electrons. The van der Waals surface area contributed by atoms with E-state index in [0.717, 1.165) is 47.9 Å². The third kappa shape index (κ3) is 4.25. The lowest BCUT2D eigenvalue weighted by atomic mass is 9.72. The van der Waals surface area contributed by atoms with Gasteiger partial charge >= 0.3 is 0 Å².